The van der Waals surface area contributed by atoms with Gasteiger partial charge in [0.1, 0.15) is 0 Å². The van der Waals surface area contributed by atoms with Crippen LogP contribution in [-0.2, 0) is 0 Å². The summed E-state index contributed by atoms with van der Waals surface area (Å²) < 4.78 is 0. The maximum absolute atomic E-state index is 3.59. The Kier molecular flexibility index (Phi) is 6.75. The third-order valence-corrected chi connectivity index (χ3v) is 4.99. The van der Waals surface area contributed by atoms with Crippen molar-refractivity contribution in [3.63, 3.8) is 0 Å². The molecule has 0 aromatic carbocycles. The van der Waals surface area contributed by atoms with Gasteiger partial charge in [0.25, 0.3) is 0 Å². The maximum atomic E-state index is 3.59. The first-order valence-corrected chi connectivity index (χ1v) is 8.45. The molecule has 2 atom stereocenters. The van der Waals surface area contributed by atoms with Gasteiger partial charge in [-0.05, 0) is 78.9 Å². The van der Waals surface area contributed by atoms with Gasteiger partial charge in [-0.1, -0.05) is 0 Å². The van der Waals surface area contributed by atoms with Crippen molar-refractivity contribution in [3.05, 3.63) is 0 Å². The van der Waals surface area contributed by atoms with Gasteiger partial charge in [0.05, 0.1) is 0 Å². The number of hydrogen-bond donors (Lipinski definition) is 1. The highest BCUT2D eigenvalue weighted by molar-refractivity contribution is 4.89. The van der Waals surface area contributed by atoms with Crippen molar-refractivity contribution in [2.45, 2.75) is 31.7 Å². The van der Waals surface area contributed by atoms with Crippen LogP contribution in [0.3, 0.4) is 0 Å². The van der Waals surface area contributed by atoms with Crippen molar-refractivity contribution >= 4 is 0 Å². The Morgan fingerprint density at radius 3 is 2.80 bits per heavy atom. The van der Waals surface area contributed by atoms with E-state index in [0.717, 1.165) is 25.0 Å². The topological polar surface area (TPSA) is 21.8 Å². The standard InChI is InChI=1S/C16H34N4/c1-18(2)10-5-8-17-9-13-20-12-7-16-15(14-20)6-4-11-19(16)3/h15-17H,4-14H2,1-3H3. The number of nitrogens with one attached hydrogen (secondary N) is 1. The highest BCUT2D eigenvalue weighted by Crippen LogP contribution is 2.29. The summed E-state index contributed by atoms with van der Waals surface area (Å²) in [5.41, 5.74) is 0. The number of nitrogens with zero attached hydrogens (tertiary/aromatic N) is 3. The van der Waals surface area contributed by atoms with Crippen LogP contribution < -0.4 is 5.32 Å². The zero-order valence-corrected chi connectivity index (χ0v) is 13.8. The third-order valence-electron chi connectivity index (χ3n) is 4.99. The van der Waals surface area contributed by atoms with E-state index in [2.05, 4.69) is 41.2 Å². The molecule has 0 aromatic heterocycles. The SMILES string of the molecule is CN(C)CCCNCCN1CCC2C(CCCN2C)C1. The second kappa shape index (κ2) is 8.32. The van der Waals surface area contributed by atoms with Gasteiger partial charge in [0, 0.05) is 25.7 Å². The van der Waals surface area contributed by atoms with Crippen molar-refractivity contribution in [3.8, 4) is 0 Å². The van der Waals surface area contributed by atoms with E-state index in [-0.39, 0.29) is 0 Å². The second-order valence-electron chi connectivity index (χ2n) is 6.95. The first-order chi connectivity index (χ1) is 9.66. The molecule has 2 aliphatic heterocycles. The maximum Gasteiger partial charge on any atom is 0.0145 e. The van der Waals surface area contributed by atoms with E-state index in [1.165, 1.54) is 58.4 Å². The Labute approximate surface area is 125 Å². The molecule has 2 saturated heterocycles. The first-order valence-electron chi connectivity index (χ1n) is 8.45. The first kappa shape index (κ1) is 16.2. The molecule has 0 aromatic rings. The summed E-state index contributed by atoms with van der Waals surface area (Å²) in [5.74, 6) is 0.927. The Bertz CT molecular complexity index is 269. The van der Waals surface area contributed by atoms with Gasteiger partial charge in [-0.25, -0.2) is 0 Å². The molecule has 0 radical (unpaired) electrons. The van der Waals surface area contributed by atoms with Crippen LogP contribution in [0.25, 0.3) is 0 Å². The normalized spacial score (nSPS) is 28.8. The van der Waals surface area contributed by atoms with Gasteiger partial charge in [-0.3, -0.25) is 0 Å². The van der Waals surface area contributed by atoms with E-state index in [1.54, 1.807) is 0 Å². The van der Waals surface area contributed by atoms with Crippen molar-refractivity contribution < 1.29 is 0 Å². The number of piperidine rings is 2. The number of hydrogen-bond acceptors (Lipinski definition) is 4. The fourth-order valence-electron chi connectivity index (χ4n) is 3.81. The highest BCUT2D eigenvalue weighted by atomic mass is 15.2. The molecule has 0 aliphatic carbocycles. The van der Waals surface area contributed by atoms with Crippen LogP contribution in [0.1, 0.15) is 25.7 Å². The third kappa shape index (κ3) is 4.99. The van der Waals surface area contributed by atoms with E-state index in [1.807, 2.05) is 0 Å². The lowest BCUT2D eigenvalue weighted by molar-refractivity contribution is 0.0391. The summed E-state index contributed by atoms with van der Waals surface area (Å²) in [6, 6.07) is 0.869. The Morgan fingerprint density at radius 1 is 1.15 bits per heavy atom. The molecule has 2 rings (SSSR count). The molecule has 4 nitrogen and oxygen atoms in total. The molecule has 0 bridgehead atoms. The van der Waals surface area contributed by atoms with Crippen molar-refractivity contribution in [1.82, 2.24) is 20.0 Å². The molecule has 0 spiro atoms. The minimum atomic E-state index is 0.869. The summed E-state index contributed by atoms with van der Waals surface area (Å²) in [6.07, 6.45) is 5.47. The van der Waals surface area contributed by atoms with E-state index >= 15 is 0 Å². The summed E-state index contributed by atoms with van der Waals surface area (Å²) in [5, 5.41) is 3.59. The van der Waals surface area contributed by atoms with Crippen LogP contribution in [-0.4, -0.2) is 87.7 Å². The minimum absolute atomic E-state index is 0.869. The molecule has 1 N–H and O–H groups in total. The summed E-state index contributed by atoms with van der Waals surface area (Å²) >= 11 is 0. The van der Waals surface area contributed by atoms with Gasteiger partial charge in [-0.2, -0.15) is 0 Å². The fraction of sp³-hybridized carbons (Fsp3) is 1.00. The summed E-state index contributed by atoms with van der Waals surface area (Å²) in [6.45, 7) is 8.66. The molecule has 0 amide bonds. The van der Waals surface area contributed by atoms with Gasteiger partial charge >= 0.3 is 0 Å². The Hall–Kier alpha value is -0.160. The van der Waals surface area contributed by atoms with E-state index < -0.39 is 0 Å². The molecular formula is C16H34N4. The molecule has 0 saturated carbocycles. The molecule has 4 heteroatoms. The quantitative estimate of drug-likeness (QED) is 0.702. The molecule has 2 aliphatic rings. The largest absolute Gasteiger partial charge is 0.315 e. The van der Waals surface area contributed by atoms with Crippen molar-refractivity contribution in [2.24, 2.45) is 5.92 Å². The van der Waals surface area contributed by atoms with Gasteiger partial charge in [0.2, 0.25) is 0 Å². The molecule has 2 heterocycles. The summed E-state index contributed by atoms with van der Waals surface area (Å²) in [7, 11) is 6.61. The number of likely N-dealkylation sites (tertiary alicyclic amines) is 2. The second-order valence-corrected chi connectivity index (χ2v) is 6.95. The highest BCUT2D eigenvalue weighted by Gasteiger charge is 2.33. The smallest absolute Gasteiger partial charge is 0.0145 e. The van der Waals surface area contributed by atoms with Crippen molar-refractivity contribution in [1.29, 1.82) is 0 Å². The van der Waals surface area contributed by atoms with Crippen LogP contribution in [0.5, 0.6) is 0 Å². The van der Waals surface area contributed by atoms with E-state index in [0.29, 0.717) is 0 Å². The molecule has 2 unspecified atom stereocenters. The van der Waals surface area contributed by atoms with Gasteiger partial charge in [-0.15, -0.1) is 0 Å². The number of fused-ring (bicyclic) bond motifs is 1. The number of rotatable bonds is 7. The van der Waals surface area contributed by atoms with Crippen molar-refractivity contribution in [2.75, 3.05) is 67.0 Å². The van der Waals surface area contributed by atoms with Crippen LogP contribution in [0.4, 0.5) is 0 Å². The molecule has 20 heavy (non-hydrogen) atoms. The monoisotopic (exact) mass is 282 g/mol. The van der Waals surface area contributed by atoms with E-state index in [4.69, 9.17) is 0 Å². The van der Waals surface area contributed by atoms with Crippen LogP contribution in [0.2, 0.25) is 0 Å². The lowest BCUT2D eigenvalue weighted by atomic mass is 9.84. The van der Waals surface area contributed by atoms with Gasteiger partial charge in [0.15, 0.2) is 0 Å². The van der Waals surface area contributed by atoms with Gasteiger partial charge < -0.3 is 20.0 Å². The summed E-state index contributed by atoms with van der Waals surface area (Å²) in [4.78, 5) is 7.54. The fourth-order valence-corrected chi connectivity index (χ4v) is 3.81. The predicted octanol–water partition coefficient (Wildman–Crippen LogP) is 0.944. The Balaban J connectivity index is 1.56. The molecular weight excluding hydrogens is 248 g/mol. The lowest BCUT2D eigenvalue weighted by Crippen LogP contribution is -2.53. The average Bonchev–Trinajstić information content (AvgIpc) is 2.42. The van der Waals surface area contributed by atoms with Crippen LogP contribution >= 0.6 is 0 Å². The molecule has 2 fully saturated rings. The van der Waals surface area contributed by atoms with E-state index in [9.17, 15) is 0 Å². The van der Waals surface area contributed by atoms with Crippen LogP contribution in [0, 0.1) is 5.92 Å². The minimum Gasteiger partial charge on any atom is -0.315 e. The Morgan fingerprint density at radius 2 is 2.00 bits per heavy atom. The zero-order chi connectivity index (χ0) is 14.4. The zero-order valence-electron chi connectivity index (χ0n) is 13.8. The average molecular weight is 282 g/mol. The molecule has 118 valence electrons. The lowest BCUT2D eigenvalue weighted by Gasteiger charge is -2.46. The van der Waals surface area contributed by atoms with Crippen LogP contribution in [0.15, 0.2) is 0 Å². The predicted molar refractivity (Wildman–Crippen MR) is 86.2 cm³/mol.